The molecule has 24 heavy (non-hydrogen) atoms. The summed E-state index contributed by atoms with van der Waals surface area (Å²) in [5, 5.41) is 3.06. The molecule has 1 aliphatic heterocycles. The molecule has 1 heterocycles. The molecule has 0 aromatic heterocycles. The van der Waals surface area contributed by atoms with Gasteiger partial charge < -0.3 is 14.8 Å². The molecule has 1 aromatic rings. The minimum absolute atomic E-state index is 0.0558. The number of hydrogen-bond donors (Lipinski definition) is 1. The van der Waals surface area contributed by atoms with E-state index in [0.29, 0.717) is 10.6 Å². The standard InChI is InChI=1S/C15H15ClN2O6/c16-11-3-1-10(2-4-11)14(21)17-6-5-13(20)24-9-12(19)18-7-8-23-15(18)22/h1-4H,5-9H2,(H,17,21). The molecule has 0 aliphatic carbocycles. The Morgan fingerprint density at radius 3 is 2.58 bits per heavy atom. The normalized spacial score (nSPS) is 13.4. The van der Waals surface area contributed by atoms with Gasteiger partial charge in [-0.15, -0.1) is 0 Å². The number of nitrogens with zero attached hydrogens (tertiary/aromatic N) is 1. The third-order valence-corrected chi connectivity index (χ3v) is 3.39. The molecule has 8 nitrogen and oxygen atoms in total. The van der Waals surface area contributed by atoms with Gasteiger partial charge in [0.15, 0.2) is 6.61 Å². The zero-order chi connectivity index (χ0) is 17.5. The molecule has 3 amide bonds. The zero-order valence-electron chi connectivity index (χ0n) is 12.6. The van der Waals surface area contributed by atoms with E-state index >= 15 is 0 Å². The number of imide groups is 1. The fraction of sp³-hybridized carbons (Fsp3) is 0.333. The van der Waals surface area contributed by atoms with Crippen LogP contribution in [0.3, 0.4) is 0 Å². The second kappa shape index (κ2) is 8.30. The number of cyclic esters (lactones) is 1. The highest BCUT2D eigenvalue weighted by molar-refractivity contribution is 6.30. The smallest absolute Gasteiger partial charge is 0.416 e. The first kappa shape index (κ1) is 17.7. The fourth-order valence-corrected chi connectivity index (χ4v) is 2.02. The highest BCUT2D eigenvalue weighted by atomic mass is 35.5. The number of ether oxygens (including phenoxy) is 2. The molecular weight excluding hydrogens is 340 g/mol. The van der Waals surface area contributed by atoms with E-state index < -0.39 is 24.6 Å². The summed E-state index contributed by atoms with van der Waals surface area (Å²) >= 11 is 5.73. The van der Waals surface area contributed by atoms with Crippen molar-refractivity contribution in [1.82, 2.24) is 10.2 Å². The van der Waals surface area contributed by atoms with Gasteiger partial charge in [-0.2, -0.15) is 0 Å². The fourth-order valence-electron chi connectivity index (χ4n) is 1.89. The number of carbonyl (C=O) groups excluding carboxylic acids is 4. The van der Waals surface area contributed by atoms with E-state index in [1.807, 2.05) is 0 Å². The van der Waals surface area contributed by atoms with Crippen LogP contribution in [0, 0.1) is 0 Å². The predicted octanol–water partition coefficient (Wildman–Crippen LogP) is 0.982. The van der Waals surface area contributed by atoms with Crippen LogP contribution >= 0.6 is 11.6 Å². The molecule has 0 bridgehead atoms. The molecule has 0 unspecified atom stereocenters. The number of hydrogen-bond acceptors (Lipinski definition) is 6. The number of carbonyl (C=O) groups is 4. The maximum absolute atomic E-state index is 11.8. The highest BCUT2D eigenvalue weighted by Crippen LogP contribution is 2.09. The van der Waals surface area contributed by atoms with Crippen LogP contribution < -0.4 is 5.32 Å². The van der Waals surface area contributed by atoms with Crippen LogP contribution in [0.25, 0.3) is 0 Å². The van der Waals surface area contributed by atoms with Gasteiger partial charge in [-0.1, -0.05) is 11.6 Å². The Balaban J connectivity index is 1.66. The molecule has 0 saturated carbocycles. The molecule has 1 N–H and O–H groups in total. The molecule has 0 atom stereocenters. The highest BCUT2D eigenvalue weighted by Gasteiger charge is 2.28. The summed E-state index contributed by atoms with van der Waals surface area (Å²) in [7, 11) is 0. The van der Waals surface area contributed by atoms with Gasteiger partial charge in [0.05, 0.1) is 13.0 Å². The lowest BCUT2D eigenvalue weighted by molar-refractivity contribution is -0.150. The summed E-state index contributed by atoms with van der Waals surface area (Å²) in [4.78, 5) is 47.0. The maximum atomic E-state index is 11.8. The quantitative estimate of drug-likeness (QED) is 0.764. The summed E-state index contributed by atoms with van der Waals surface area (Å²) in [5.41, 5.74) is 0.412. The molecule has 1 aromatic carbocycles. The van der Waals surface area contributed by atoms with E-state index in [4.69, 9.17) is 16.3 Å². The number of nitrogens with one attached hydrogen (secondary N) is 1. The van der Waals surface area contributed by atoms with Crippen molar-refractivity contribution in [1.29, 1.82) is 0 Å². The summed E-state index contributed by atoms with van der Waals surface area (Å²) in [6.45, 7) is -0.207. The zero-order valence-corrected chi connectivity index (χ0v) is 13.4. The van der Waals surface area contributed by atoms with Gasteiger partial charge in [0.1, 0.15) is 6.61 Å². The second-order valence-electron chi connectivity index (χ2n) is 4.83. The summed E-state index contributed by atoms with van der Waals surface area (Å²) < 4.78 is 9.37. The van der Waals surface area contributed by atoms with Crippen molar-refractivity contribution in [2.45, 2.75) is 6.42 Å². The van der Waals surface area contributed by atoms with E-state index in [9.17, 15) is 19.2 Å². The first-order chi connectivity index (χ1) is 11.5. The van der Waals surface area contributed by atoms with Crippen LogP contribution in [-0.2, 0) is 19.1 Å². The van der Waals surface area contributed by atoms with Crippen molar-refractivity contribution < 1.29 is 28.7 Å². The lowest BCUT2D eigenvalue weighted by Gasteiger charge is -2.11. The second-order valence-corrected chi connectivity index (χ2v) is 5.27. The topological polar surface area (TPSA) is 102 Å². The number of benzene rings is 1. The molecule has 1 aliphatic rings. The van der Waals surface area contributed by atoms with Crippen LogP contribution in [0.2, 0.25) is 5.02 Å². The number of esters is 1. The molecule has 2 rings (SSSR count). The van der Waals surface area contributed by atoms with Crippen molar-refractivity contribution in [3.8, 4) is 0 Å². The molecule has 1 fully saturated rings. The Morgan fingerprint density at radius 1 is 1.25 bits per heavy atom. The van der Waals surface area contributed by atoms with E-state index in [2.05, 4.69) is 10.1 Å². The molecular formula is C15H15ClN2O6. The van der Waals surface area contributed by atoms with Crippen LogP contribution in [-0.4, -0.2) is 55.1 Å². The molecule has 9 heteroatoms. The van der Waals surface area contributed by atoms with Crippen LogP contribution in [0.15, 0.2) is 24.3 Å². The van der Waals surface area contributed by atoms with Gasteiger partial charge in [0.25, 0.3) is 11.8 Å². The SMILES string of the molecule is O=C(CCNC(=O)c1ccc(Cl)cc1)OCC(=O)N1CCOC1=O. The van der Waals surface area contributed by atoms with Crippen LogP contribution in [0.5, 0.6) is 0 Å². The monoisotopic (exact) mass is 354 g/mol. The van der Waals surface area contributed by atoms with Crippen LogP contribution in [0.1, 0.15) is 16.8 Å². The number of halogens is 1. The molecule has 1 saturated heterocycles. The van der Waals surface area contributed by atoms with E-state index in [0.717, 1.165) is 4.90 Å². The van der Waals surface area contributed by atoms with Gasteiger partial charge in [-0.3, -0.25) is 14.4 Å². The lowest BCUT2D eigenvalue weighted by atomic mass is 10.2. The van der Waals surface area contributed by atoms with Crippen molar-refractivity contribution in [3.05, 3.63) is 34.9 Å². The summed E-state index contributed by atoms with van der Waals surface area (Å²) in [5.74, 6) is -1.65. The molecule has 0 spiro atoms. The third kappa shape index (κ3) is 4.95. The van der Waals surface area contributed by atoms with Crippen molar-refractivity contribution >= 4 is 35.5 Å². The van der Waals surface area contributed by atoms with Crippen molar-refractivity contribution in [2.24, 2.45) is 0 Å². The number of rotatable bonds is 6. The Kier molecular flexibility index (Phi) is 6.14. The number of amides is 3. The largest absolute Gasteiger partial charge is 0.455 e. The minimum Gasteiger partial charge on any atom is -0.455 e. The van der Waals surface area contributed by atoms with Crippen molar-refractivity contribution in [3.63, 3.8) is 0 Å². The first-order valence-corrected chi connectivity index (χ1v) is 7.51. The molecule has 128 valence electrons. The van der Waals surface area contributed by atoms with Crippen LogP contribution in [0.4, 0.5) is 4.79 Å². The summed E-state index contributed by atoms with van der Waals surface area (Å²) in [6.07, 6.45) is -0.844. The van der Waals surface area contributed by atoms with E-state index in [-0.39, 0.29) is 32.0 Å². The Labute approximate surface area is 142 Å². The van der Waals surface area contributed by atoms with Gasteiger partial charge in [-0.05, 0) is 24.3 Å². The van der Waals surface area contributed by atoms with Gasteiger partial charge in [0, 0.05) is 17.1 Å². The lowest BCUT2D eigenvalue weighted by Crippen LogP contribution is -2.35. The van der Waals surface area contributed by atoms with E-state index in [1.165, 1.54) is 0 Å². The first-order valence-electron chi connectivity index (χ1n) is 7.14. The maximum Gasteiger partial charge on any atom is 0.416 e. The average molecular weight is 355 g/mol. The minimum atomic E-state index is -0.744. The Bertz CT molecular complexity index is 646. The van der Waals surface area contributed by atoms with E-state index in [1.54, 1.807) is 24.3 Å². The Hall–Kier alpha value is -2.61. The van der Waals surface area contributed by atoms with Gasteiger partial charge in [0.2, 0.25) is 0 Å². The van der Waals surface area contributed by atoms with Gasteiger partial charge in [-0.25, -0.2) is 9.69 Å². The average Bonchev–Trinajstić information content (AvgIpc) is 2.99. The Morgan fingerprint density at radius 2 is 1.96 bits per heavy atom. The van der Waals surface area contributed by atoms with Crippen molar-refractivity contribution in [2.75, 3.05) is 26.3 Å². The molecule has 0 radical (unpaired) electrons. The summed E-state index contributed by atoms with van der Waals surface area (Å²) in [6, 6.07) is 6.28. The predicted molar refractivity (Wildman–Crippen MR) is 82.4 cm³/mol. The van der Waals surface area contributed by atoms with Gasteiger partial charge >= 0.3 is 12.1 Å². The third-order valence-electron chi connectivity index (χ3n) is 3.14.